The second-order valence-electron chi connectivity index (χ2n) is 5.85. The van der Waals surface area contributed by atoms with Crippen molar-refractivity contribution in [2.24, 2.45) is 0 Å². The van der Waals surface area contributed by atoms with Crippen molar-refractivity contribution in [2.75, 3.05) is 33.3 Å². The van der Waals surface area contributed by atoms with Crippen LogP contribution in [0.1, 0.15) is 31.1 Å². The Kier molecular flexibility index (Phi) is 5.80. The number of piperazine rings is 1. The molecule has 1 aliphatic heterocycles. The van der Waals surface area contributed by atoms with E-state index < -0.39 is 0 Å². The largest absolute Gasteiger partial charge is 0.496 e. The molecular weight excluding hydrogens is 280 g/mol. The van der Waals surface area contributed by atoms with E-state index in [2.05, 4.69) is 10.2 Å². The number of carbonyl (C=O) groups excluding carboxylic acids is 1. The molecule has 1 aromatic rings. The molecule has 0 aliphatic carbocycles. The van der Waals surface area contributed by atoms with Crippen LogP contribution in [0.4, 0.5) is 0 Å². The van der Waals surface area contributed by atoms with E-state index >= 15 is 0 Å². The minimum Gasteiger partial charge on any atom is -0.496 e. The molecular formula is C17H26N2O3. The van der Waals surface area contributed by atoms with Gasteiger partial charge in [0.15, 0.2) is 5.78 Å². The zero-order chi connectivity index (χ0) is 16.1. The van der Waals surface area contributed by atoms with Gasteiger partial charge in [-0.1, -0.05) is 0 Å². The maximum atomic E-state index is 12.9. The molecule has 2 rings (SSSR count). The maximum Gasteiger partial charge on any atom is 0.183 e. The molecule has 1 aromatic carbocycles. The van der Waals surface area contributed by atoms with E-state index in [0.29, 0.717) is 17.1 Å². The molecule has 1 atom stereocenters. The van der Waals surface area contributed by atoms with Crippen molar-refractivity contribution in [1.82, 2.24) is 10.2 Å². The van der Waals surface area contributed by atoms with Crippen molar-refractivity contribution in [2.45, 2.75) is 32.9 Å². The second kappa shape index (κ2) is 7.61. The number of benzene rings is 1. The smallest absolute Gasteiger partial charge is 0.183 e. The van der Waals surface area contributed by atoms with Crippen molar-refractivity contribution >= 4 is 5.78 Å². The molecule has 0 radical (unpaired) electrons. The van der Waals surface area contributed by atoms with Crippen LogP contribution in [0, 0.1) is 0 Å². The number of ketones is 1. The van der Waals surface area contributed by atoms with E-state index in [-0.39, 0.29) is 17.9 Å². The lowest BCUT2D eigenvalue weighted by Crippen LogP contribution is -2.50. The first-order valence-electron chi connectivity index (χ1n) is 7.86. The number of hydrogen-bond donors (Lipinski definition) is 1. The highest BCUT2D eigenvalue weighted by Gasteiger charge is 2.26. The Morgan fingerprint density at radius 2 is 1.91 bits per heavy atom. The van der Waals surface area contributed by atoms with Gasteiger partial charge >= 0.3 is 0 Å². The SMILES string of the molecule is COc1ccc(OC(C)C)cc1C(=O)C(C)N1CCNCC1. The highest BCUT2D eigenvalue weighted by Crippen LogP contribution is 2.27. The molecule has 0 aromatic heterocycles. The van der Waals surface area contributed by atoms with Gasteiger partial charge in [-0.15, -0.1) is 0 Å². The standard InChI is InChI=1S/C17H26N2O3/c1-12(2)22-14-5-6-16(21-4)15(11-14)17(20)13(3)19-9-7-18-8-10-19/h5-6,11-13,18H,7-10H2,1-4H3. The topological polar surface area (TPSA) is 50.8 Å². The van der Waals surface area contributed by atoms with Gasteiger partial charge in [-0.05, 0) is 39.0 Å². The molecule has 0 amide bonds. The molecule has 1 aliphatic rings. The molecule has 1 unspecified atom stereocenters. The molecule has 5 heteroatoms. The fraction of sp³-hybridized carbons (Fsp3) is 0.588. The number of carbonyl (C=O) groups is 1. The molecule has 5 nitrogen and oxygen atoms in total. The summed E-state index contributed by atoms with van der Waals surface area (Å²) >= 11 is 0. The van der Waals surface area contributed by atoms with Gasteiger partial charge in [-0.2, -0.15) is 0 Å². The fourth-order valence-electron chi connectivity index (χ4n) is 2.69. The molecule has 0 spiro atoms. The summed E-state index contributed by atoms with van der Waals surface area (Å²) in [5.74, 6) is 1.38. The molecule has 22 heavy (non-hydrogen) atoms. The monoisotopic (exact) mass is 306 g/mol. The summed E-state index contributed by atoms with van der Waals surface area (Å²) in [6.45, 7) is 9.51. The number of nitrogens with one attached hydrogen (secondary N) is 1. The summed E-state index contributed by atoms with van der Waals surface area (Å²) in [6, 6.07) is 5.27. The van der Waals surface area contributed by atoms with Crippen LogP contribution in [-0.2, 0) is 0 Å². The Balaban J connectivity index is 2.22. The predicted octanol–water partition coefficient (Wildman–Crippen LogP) is 1.96. The van der Waals surface area contributed by atoms with Gasteiger partial charge in [0.05, 0.1) is 24.8 Å². The van der Waals surface area contributed by atoms with Crippen molar-refractivity contribution in [3.05, 3.63) is 23.8 Å². The number of hydrogen-bond acceptors (Lipinski definition) is 5. The molecule has 1 saturated heterocycles. The number of nitrogens with zero attached hydrogens (tertiary/aromatic N) is 1. The van der Waals surface area contributed by atoms with Gasteiger partial charge < -0.3 is 14.8 Å². The second-order valence-corrected chi connectivity index (χ2v) is 5.85. The first-order valence-corrected chi connectivity index (χ1v) is 7.86. The number of methoxy groups -OCH3 is 1. The molecule has 0 bridgehead atoms. The number of Topliss-reactive ketones (excluding diaryl/α,β-unsaturated/α-hetero) is 1. The number of ether oxygens (including phenoxy) is 2. The highest BCUT2D eigenvalue weighted by atomic mass is 16.5. The normalized spacial score (nSPS) is 17.3. The summed E-state index contributed by atoms with van der Waals surface area (Å²) in [6.07, 6.45) is 0.0712. The van der Waals surface area contributed by atoms with Crippen LogP contribution in [0.5, 0.6) is 11.5 Å². The lowest BCUT2D eigenvalue weighted by atomic mass is 10.0. The zero-order valence-corrected chi connectivity index (χ0v) is 13.9. The summed E-state index contributed by atoms with van der Waals surface area (Å²) in [5, 5.41) is 3.30. The summed E-state index contributed by atoms with van der Waals surface area (Å²) in [7, 11) is 1.59. The fourth-order valence-corrected chi connectivity index (χ4v) is 2.69. The molecule has 122 valence electrons. The third-order valence-corrected chi connectivity index (χ3v) is 3.89. The van der Waals surface area contributed by atoms with Gasteiger partial charge in [0, 0.05) is 26.2 Å². The quantitative estimate of drug-likeness (QED) is 0.814. The minimum atomic E-state index is -0.162. The number of rotatable bonds is 6. The Labute approximate surface area is 132 Å². The van der Waals surface area contributed by atoms with E-state index in [1.807, 2.05) is 26.8 Å². The van der Waals surface area contributed by atoms with Gasteiger partial charge in [0.1, 0.15) is 11.5 Å². The summed E-state index contributed by atoms with van der Waals surface area (Å²) in [4.78, 5) is 15.1. The van der Waals surface area contributed by atoms with Crippen LogP contribution in [0.3, 0.4) is 0 Å². The third kappa shape index (κ3) is 3.99. The average molecular weight is 306 g/mol. The third-order valence-electron chi connectivity index (χ3n) is 3.89. The van der Waals surface area contributed by atoms with Crippen LogP contribution < -0.4 is 14.8 Å². The highest BCUT2D eigenvalue weighted by molar-refractivity contribution is 6.02. The minimum absolute atomic E-state index is 0.0712. The van der Waals surface area contributed by atoms with Crippen molar-refractivity contribution in [1.29, 1.82) is 0 Å². The van der Waals surface area contributed by atoms with Crippen molar-refractivity contribution < 1.29 is 14.3 Å². The first-order chi connectivity index (χ1) is 10.5. The molecule has 1 N–H and O–H groups in total. The van der Waals surface area contributed by atoms with Crippen LogP contribution in [0.2, 0.25) is 0 Å². The van der Waals surface area contributed by atoms with E-state index in [4.69, 9.17) is 9.47 Å². The maximum absolute atomic E-state index is 12.9. The lowest BCUT2D eigenvalue weighted by Gasteiger charge is -2.32. The Morgan fingerprint density at radius 1 is 1.23 bits per heavy atom. The van der Waals surface area contributed by atoms with Crippen LogP contribution >= 0.6 is 0 Å². The van der Waals surface area contributed by atoms with Gasteiger partial charge in [-0.3, -0.25) is 9.69 Å². The van der Waals surface area contributed by atoms with E-state index in [0.717, 1.165) is 26.2 Å². The predicted molar refractivity (Wildman–Crippen MR) is 87.0 cm³/mol. The Bertz CT molecular complexity index is 511. The first kappa shape index (κ1) is 16.8. The zero-order valence-electron chi connectivity index (χ0n) is 13.9. The summed E-state index contributed by atoms with van der Waals surface area (Å²) < 4.78 is 11.1. The Morgan fingerprint density at radius 3 is 2.50 bits per heavy atom. The van der Waals surface area contributed by atoms with Crippen molar-refractivity contribution in [3.63, 3.8) is 0 Å². The van der Waals surface area contributed by atoms with E-state index in [1.165, 1.54) is 0 Å². The molecule has 1 heterocycles. The van der Waals surface area contributed by atoms with Crippen LogP contribution in [-0.4, -0.2) is 56.1 Å². The van der Waals surface area contributed by atoms with Gasteiger partial charge in [0.25, 0.3) is 0 Å². The van der Waals surface area contributed by atoms with Gasteiger partial charge in [-0.25, -0.2) is 0 Å². The van der Waals surface area contributed by atoms with Crippen LogP contribution in [0.25, 0.3) is 0 Å². The van der Waals surface area contributed by atoms with Crippen molar-refractivity contribution in [3.8, 4) is 11.5 Å². The molecule has 0 saturated carbocycles. The van der Waals surface area contributed by atoms with E-state index in [9.17, 15) is 4.79 Å². The Hall–Kier alpha value is -1.59. The summed E-state index contributed by atoms with van der Waals surface area (Å²) in [5.41, 5.74) is 0.590. The lowest BCUT2D eigenvalue weighted by molar-refractivity contribution is 0.0816. The van der Waals surface area contributed by atoms with Gasteiger partial charge in [0.2, 0.25) is 0 Å². The van der Waals surface area contributed by atoms with E-state index in [1.54, 1.807) is 19.2 Å². The average Bonchev–Trinajstić information content (AvgIpc) is 2.53. The van der Waals surface area contributed by atoms with Crippen LogP contribution in [0.15, 0.2) is 18.2 Å². The molecule has 1 fully saturated rings.